The highest BCUT2D eigenvalue weighted by Gasteiger charge is 2.32. The first-order valence-corrected chi connectivity index (χ1v) is 13.9. The first-order valence-electron chi connectivity index (χ1n) is 12.6. The second-order valence-corrected chi connectivity index (χ2v) is 10.8. The van der Waals surface area contributed by atoms with Gasteiger partial charge in [-0.3, -0.25) is 9.69 Å². The molecule has 3 heterocycles. The van der Waals surface area contributed by atoms with Gasteiger partial charge in [0.05, 0.1) is 24.8 Å². The van der Waals surface area contributed by atoms with Crippen molar-refractivity contribution in [2.75, 3.05) is 20.8 Å². The van der Waals surface area contributed by atoms with E-state index in [9.17, 15) is 4.79 Å². The highest BCUT2D eigenvalue weighted by atomic mass is 32.2. The molecule has 40 heavy (non-hydrogen) atoms. The Kier molecular flexibility index (Phi) is 7.15. The Bertz CT molecular complexity index is 1720. The molecule has 0 spiro atoms. The van der Waals surface area contributed by atoms with Gasteiger partial charge in [0.25, 0.3) is 5.91 Å². The zero-order valence-electron chi connectivity index (χ0n) is 21.9. The van der Waals surface area contributed by atoms with Crippen LogP contribution in [0.2, 0.25) is 0 Å². The molecule has 5 aromatic rings. The lowest BCUT2D eigenvalue weighted by atomic mass is 10.1. The number of hydrogen-bond acceptors (Lipinski definition) is 7. The number of nitrogens with zero attached hydrogens (tertiary/aromatic N) is 3. The number of para-hydroxylation sites is 2. The van der Waals surface area contributed by atoms with Gasteiger partial charge >= 0.3 is 0 Å². The van der Waals surface area contributed by atoms with Gasteiger partial charge in [-0.05, 0) is 54.5 Å². The average Bonchev–Trinajstić information content (AvgIpc) is 3.68. The number of benzene rings is 3. The van der Waals surface area contributed by atoms with Gasteiger partial charge in [0.15, 0.2) is 17.3 Å². The molecule has 6 rings (SSSR count). The number of rotatable bonds is 8. The predicted octanol–water partition coefficient (Wildman–Crippen LogP) is 6.75. The molecule has 0 unspecified atom stereocenters. The van der Waals surface area contributed by atoms with Gasteiger partial charge in [-0.25, -0.2) is 4.68 Å². The summed E-state index contributed by atoms with van der Waals surface area (Å²) < 4.78 is 19.2. The number of amides is 1. The molecule has 1 fully saturated rings. The Morgan fingerprint density at radius 1 is 0.975 bits per heavy atom. The Labute approximate surface area is 241 Å². The number of ether oxygens (including phenoxy) is 2. The molecule has 0 aliphatic carbocycles. The van der Waals surface area contributed by atoms with Gasteiger partial charge in [0.1, 0.15) is 15.6 Å². The van der Waals surface area contributed by atoms with Crippen LogP contribution in [0.4, 0.5) is 0 Å². The van der Waals surface area contributed by atoms with Gasteiger partial charge in [-0.1, -0.05) is 66.4 Å². The Morgan fingerprint density at radius 2 is 1.75 bits per heavy atom. The van der Waals surface area contributed by atoms with Crippen molar-refractivity contribution < 1.29 is 18.7 Å². The van der Waals surface area contributed by atoms with E-state index in [-0.39, 0.29) is 5.91 Å². The minimum atomic E-state index is -0.126. The molecule has 0 radical (unpaired) electrons. The number of hydrogen-bond donors (Lipinski definition) is 0. The lowest BCUT2D eigenvalue weighted by molar-refractivity contribution is -0.122. The lowest BCUT2D eigenvalue weighted by Crippen LogP contribution is -2.30. The summed E-state index contributed by atoms with van der Waals surface area (Å²) in [6, 6.07) is 25.4. The van der Waals surface area contributed by atoms with Gasteiger partial charge in [0.2, 0.25) is 0 Å². The largest absolute Gasteiger partial charge is 0.493 e. The molecule has 9 heteroatoms. The summed E-state index contributed by atoms with van der Waals surface area (Å²) in [5.41, 5.74) is 4.12. The molecule has 1 aliphatic heterocycles. The zero-order chi connectivity index (χ0) is 27.6. The quantitative estimate of drug-likeness (QED) is 0.152. The van der Waals surface area contributed by atoms with Crippen LogP contribution in [0.25, 0.3) is 34.2 Å². The third-order valence-corrected chi connectivity index (χ3v) is 8.03. The fourth-order valence-corrected chi connectivity index (χ4v) is 5.91. The van der Waals surface area contributed by atoms with E-state index in [0.29, 0.717) is 45.1 Å². The predicted molar refractivity (Wildman–Crippen MR) is 162 cm³/mol. The molecule has 0 bridgehead atoms. The lowest BCUT2D eigenvalue weighted by Gasteiger charge is -2.15. The third-order valence-electron chi connectivity index (χ3n) is 6.65. The van der Waals surface area contributed by atoms with E-state index < -0.39 is 0 Å². The van der Waals surface area contributed by atoms with Crippen LogP contribution in [-0.2, 0) is 11.2 Å². The summed E-state index contributed by atoms with van der Waals surface area (Å²) in [7, 11) is 3.21. The normalized spacial score (nSPS) is 14.4. The fraction of sp³-hybridized carbons (Fsp3) is 0.129. The number of fused-ring (bicyclic) bond motifs is 1. The van der Waals surface area contributed by atoms with Crippen LogP contribution in [0, 0.1) is 0 Å². The van der Waals surface area contributed by atoms with Crippen molar-refractivity contribution in [2.45, 2.75) is 6.42 Å². The van der Waals surface area contributed by atoms with E-state index in [1.165, 1.54) is 11.8 Å². The molecule has 0 saturated carbocycles. The number of thioether (sulfide) groups is 1. The third kappa shape index (κ3) is 5.01. The molecule has 1 amide bonds. The van der Waals surface area contributed by atoms with Gasteiger partial charge < -0.3 is 13.9 Å². The van der Waals surface area contributed by atoms with Crippen molar-refractivity contribution in [1.29, 1.82) is 0 Å². The minimum Gasteiger partial charge on any atom is -0.493 e. The first-order chi connectivity index (χ1) is 19.5. The van der Waals surface area contributed by atoms with E-state index in [1.54, 1.807) is 23.8 Å². The van der Waals surface area contributed by atoms with Crippen LogP contribution in [-0.4, -0.2) is 45.7 Å². The van der Waals surface area contributed by atoms with Gasteiger partial charge in [-0.2, -0.15) is 5.10 Å². The number of methoxy groups -OCH3 is 2. The summed E-state index contributed by atoms with van der Waals surface area (Å²) in [6.07, 6.45) is 4.38. The van der Waals surface area contributed by atoms with E-state index in [2.05, 4.69) is 0 Å². The van der Waals surface area contributed by atoms with Crippen molar-refractivity contribution in [3.8, 4) is 28.6 Å². The second kappa shape index (κ2) is 11.0. The summed E-state index contributed by atoms with van der Waals surface area (Å²) >= 11 is 6.91. The Hall–Kier alpha value is -4.34. The highest BCUT2D eigenvalue weighted by molar-refractivity contribution is 8.26. The average molecular weight is 568 g/mol. The molecule has 200 valence electrons. The molecule has 0 atom stereocenters. The summed E-state index contributed by atoms with van der Waals surface area (Å²) in [6.45, 7) is 0.456. The maximum Gasteiger partial charge on any atom is 0.266 e. The van der Waals surface area contributed by atoms with Crippen LogP contribution >= 0.6 is 24.0 Å². The fourth-order valence-electron chi connectivity index (χ4n) is 4.61. The SMILES string of the molecule is COc1ccc(CCN2C(=O)/C(=C/c3cn(-c4ccccc4)nc3-c3cc4ccccc4o3)SC2=S)cc1OC. The first kappa shape index (κ1) is 25.9. The summed E-state index contributed by atoms with van der Waals surface area (Å²) in [4.78, 5) is 15.7. The van der Waals surface area contributed by atoms with Crippen molar-refractivity contribution in [3.63, 3.8) is 0 Å². The van der Waals surface area contributed by atoms with Crippen molar-refractivity contribution in [1.82, 2.24) is 14.7 Å². The van der Waals surface area contributed by atoms with Gasteiger partial charge in [-0.15, -0.1) is 0 Å². The number of carbonyl (C=O) groups excluding carboxylic acids is 1. The standard InChI is InChI=1S/C31H25N3O4S2/c1-36-25-13-12-20(16-26(25)37-2)14-15-33-30(35)28(40-31(33)39)18-22-19-34(23-9-4-3-5-10-23)32-29(22)27-17-21-8-6-7-11-24(21)38-27/h3-13,16-19H,14-15H2,1-2H3/b28-18-. The molecular weight excluding hydrogens is 542 g/mol. The summed E-state index contributed by atoms with van der Waals surface area (Å²) in [5.74, 6) is 1.82. The monoisotopic (exact) mass is 567 g/mol. The maximum absolute atomic E-state index is 13.5. The molecule has 1 aliphatic rings. The minimum absolute atomic E-state index is 0.126. The number of furan rings is 1. The van der Waals surface area contributed by atoms with E-state index >= 15 is 0 Å². The van der Waals surface area contributed by atoms with Crippen molar-refractivity contribution >= 4 is 51.3 Å². The van der Waals surface area contributed by atoms with Crippen LogP contribution in [0.15, 0.2) is 94.4 Å². The zero-order valence-corrected chi connectivity index (χ0v) is 23.5. The van der Waals surface area contributed by atoms with E-state index in [1.807, 2.05) is 91.1 Å². The number of aromatic nitrogens is 2. The van der Waals surface area contributed by atoms with Crippen LogP contribution in [0.5, 0.6) is 11.5 Å². The van der Waals surface area contributed by atoms with Crippen LogP contribution < -0.4 is 9.47 Å². The molecule has 1 saturated heterocycles. The van der Waals surface area contributed by atoms with Gasteiger partial charge in [0, 0.05) is 23.7 Å². The Balaban J connectivity index is 1.30. The van der Waals surface area contributed by atoms with Crippen molar-refractivity contribution in [3.05, 3.63) is 101 Å². The van der Waals surface area contributed by atoms with E-state index in [0.717, 1.165) is 27.8 Å². The van der Waals surface area contributed by atoms with Crippen LogP contribution in [0.3, 0.4) is 0 Å². The Morgan fingerprint density at radius 3 is 2.52 bits per heavy atom. The number of carbonyl (C=O) groups is 1. The molecule has 2 aromatic heterocycles. The van der Waals surface area contributed by atoms with Crippen molar-refractivity contribution in [2.24, 2.45) is 0 Å². The molecule has 0 N–H and O–H groups in total. The summed E-state index contributed by atoms with van der Waals surface area (Å²) in [5, 5.41) is 5.83. The second-order valence-electron chi connectivity index (χ2n) is 9.13. The highest BCUT2D eigenvalue weighted by Crippen LogP contribution is 2.36. The number of thiocarbonyl (C=S) groups is 1. The topological polar surface area (TPSA) is 69.7 Å². The molecular formula is C31H25N3O4S2. The van der Waals surface area contributed by atoms with Crippen LogP contribution in [0.1, 0.15) is 11.1 Å². The smallest absolute Gasteiger partial charge is 0.266 e. The molecule has 7 nitrogen and oxygen atoms in total. The van der Waals surface area contributed by atoms with E-state index in [4.69, 9.17) is 31.2 Å². The molecule has 3 aromatic carbocycles. The maximum atomic E-state index is 13.5.